The Bertz CT molecular complexity index is 206. The van der Waals surface area contributed by atoms with E-state index in [2.05, 4.69) is 6.92 Å². The SMILES string of the molecule is CCCCCC1CC(=O)C=C(O)C1. The molecule has 0 heterocycles. The molecule has 1 aliphatic carbocycles. The summed E-state index contributed by atoms with van der Waals surface area (Å²) >= 11 is 0. The van der Waals surface area contributed by atoms with Crippen LogP contribution in [0.5, 0.6) is 0 Å². The van der Waals surface area contributed by atoms with Gasteiger partial charge in [-0.3, -0.25) is 4.79 Å². The van der Waals surface area contributed by atoms with Crippen LogP contribution in [0.1, 0.15) is 45.4 Å². The van der Waals surface area contributed by atoms with Crippen LogP contribution in [0.3, 0.4) is 0 Å². The van der Waals surface area contributed by atoms with Crippen molar-refractivity contribution < 1.29 is 9.90 Å². The van der Waals surface area contributed by atoms with Crippen molar-refractivity contribution in [1.82, 2.24) is 0 Å². The van der Waals surface area contributed by atoms with Crippen LogP contribution in [0.25, 0.3) is 0 Å². The van der Waals surface area contributed by atoms with Crippen LogP contribution in [0, 0.1) is 5.92 Å². The van der Waals surface area contributed by atoms with E-state index in [-0.39, 0.29) is 11.5 Å². The summed E-state index contributed by atoms with van der Waals surface area (Å²) in [6.07, 6.45) is 7.41. The second-order valence-electron chi connectivity index (χ2n) is 3.87. The Kier molecular flexibility index (Phi) is 4.00. The smallest absolute Gasteiger partial charge is 0.159 e. The third kappa shape index (κ3) is 3.62. The summed E-state index contributed by atoms with van der Waals surface area (Å²) in [5.74, 6) is 0.757. The molecule has 0 aromatic rings. The Morgan fingerprint density at radius 3 is 2.85 bits per heavy atom. The summed E-state index contributed by atoms with van der Waals surface area (Å²) in [6.45, 7) is 2.17. The second-order valence-corrected chi connectivity index (χ2v) is 3.87. The van der Waals surface area contributed by atoms with Gasteiger partial charge in [0.1, 0.15) is 0 Å². The van der Waals surface area contributed by atoms with Crippen LogP contribution in [0.2, 0.25) is 0 Å². The van der Waals surface area contributed by atoms with E-state index in [0.29, 0.717) is 18.8 Å². The van der Waals surface area contributed by atoms with Gasteiger partial charge in [0.2, 0.25) is 0 Å². The molecule has 0 aliphatic heterocycles. The van der Waals surface area contributed by atoms with Crippen molar-refractivity contribution in [3.63, 3.8) is 0 Å². The van der Waals surface area contributed by atoms with Crippen molar-refractivity contribution in [2.24, 2.45) is 5.92 Å². The van der Waals surface area contributed by atoms with Crippen molar-refractivity contribution in [3.05, 3.63) is 11.8 Å². The van der Waals surface area contributed by atoms with Crippen LogP contribution in [0.15, 0.2) is 11.8 Å². The average molecular weight is 182 g/mol. The fourth-order valence-electron chi connectivity index (χ4n) is 1.84. The molecule has 1 atom stereocenters. The molecule has 0 aromatic carbocycles. The lowest BCUT2D eigenvalue weighted by atomic mass is 9.88. The van der Waals surface area contributed by atoms with Crippen LogP contribution >= 0.6 is 0 Å². The lowest BCUT2D eigenvalue weighted by molar-refractivity contribution is -0.116. The summed E-state index contributed by atoms with van der Waals surface area (Å²) in [6, 6.07) is 0. The Balaban J connectivity index is 2.29. The van der Waals surface area contributed by atoms with Crippen molar-refractivity contribution in [3.8, 4) is 0 Å². The molecule has 1 rings (SSSR count). The maximum absolute atomic E-state index is 11.1. The highest BCUT2D eigenvalue weighted by Crippen LogP contribution is 2.25. The molecule has 13 heavy (non-hydrogen) atoms. The van der Waals surface area contributed by atoms with E-state index in [9.17, 15) is 9.90 Å². The zero-order chi connectivity index (χ0) is 9.68. The van der Waals surface area contributed by atoms with E-state index >= 15 is 0 Å². The molecule has 0 radical (unpaired) electrons. The first-order valence-corrected chi connectivity index (χ1v) is 5.14. The van der Waals surface area contributed by atoms with Crippen molar-refractivity contribution in [1.29, 1.82) is 0 Å². The number of hydrogen-bond acceptors (Lipinski definition) is 2. The predicted octanol–water partition coefficient (Wildman–Crippen LogP) is 2.99. The van der Waals surface area contributed by atoms with E-state index in [0.717, 1.165) is 6.42 Å². The molecule has 0 saturated heterocycles. The zero-order valence-corrected chi connectivity index (χ0v) is 8.25. The van der Waals surface area contributed by atoms with Gasteiger partial charge in [0, 0.05) is 18.9 Å². The summed E-state index contributed by atoms with van der Waals surface area (Å²) < 4.78 is 0. The fourth-order valence-corrected chi connectivity index (χ4v) is 1.84. The van der Waals surface area contributed by atoms with Gasteiger partial charge in [-0.25, -0.2) is 0 Å². The van der Waals surface area contributed by atoms with Crippen LogP contribution in [0.4, 0.5) is 0 Å². The van der Waals surface area contributed by atoms with E-state index in [1.54, 1.807) is 0 Å². The molecule has 0 aromatic heterocycles. The standard InChI is InChI=1S/C11H18O2/c1-2-3-4-5-9-6-10(12)8-11(13)7-9/h8-9,12H,2-7H2,1H3. The quantitative estimate of drug-likeness (QED) is 0.678. The van der Waals surface area contributed by atoms with Gasteiger partial charge >= 0.3 is 0 Å². The van der Waals surface area contributed by atoms with Gasteiger partial charge in [-0.15, -0.1) is 0 Å². The molecule has 0 saturated carbocycles. The third-order valence-corrected chi connectivity index (χ3v) is 2.53. The molecule has 1 N–H and O–H groups in total. The number of carbonyl (C=O) groups excluding carboxylic acids is 1. The van der Waals surface area contributed by atoms with Gasteiger partial charge in [-0.05, 0) is 12.3 Å². The zero-order valence-electron chi connectivity index (χ0n) is 8.25. The third-order valence-electron chi connectivity index (χ3n) is 2.53. The highest BCUT2D eigenvalue weighted by molar-refractivity contribution is 5.91. The number of rotatable bonds is 4. The Hall–Kier alpha value is -0.790. The summed E-state index contributed by atoms with van der Waals surface area (Å²) in [5, 5.41) is 9.25. The Morgan fingerprint density at radius 2 is 2.23 bits per heavy atom. The number of unbranched alkanes of at least 4 members (excludes halogenated alkanes) is 2. The Morgan fingerprint density at radius 1 is 1.46 bits per heavy atom. The maximum atomic E-state index is 11.1. The molecule has 1 aliphatic rings. The first-order valence-electron chi connectivity index (χ1n) is 5.14. The number of aliphatic hydroxyl groups excluding tert-OH is 1. The highest BCUT2D eigenvalue weighted by atomic mass is 16.3. The average Bonchev–Trinajstić information content (AvgIpc) is 2.03. The van der Waals surface area contributed by atoms with Gasteiger partial charge in [0.05, 0.1) is 5.76 Å². The number of aliphatic hydroxyl groups is 1. The number of allylic oxidation sites excluding steroid dienone is 2. The van der Waals surface area contributed by atoms with Gasteiger partial charge in [0.15, 0.2) is 5.78 Å². The minimum atomic E-state index is 0.0882. The summed E-state index contributed by atoms with van der Waals surface area (Å²) in [7, 11) is 0. The molecule has 74 valence electrons. The van der Waals surface area contributed by atoms with Crippen molar-refractivity contribution >= 4 is 5.78 Å². The molecule has 0 spiro atoms. The minimum Gasteiger partial charge on any atom is -0.512 e. The first-order chi connectivity index (χ1) is 6.22. The molecule has 1 unspecified atom stereocenters. The van der Waals surface area contributed by atoms with Gasteiger partial charge < -0.3 is 5.11 Å². The van der Waals surface area contributed by atoms with Crippen LogP contribution in [-0.2, 0) is 4.79 Å². The minimum absolute atomic E-state index is 0.0882. The lowest BCUT2D eigenvalue weighted by Gasteiger charge is -2.18. The molecular weight excluding hydrogens is 164 g/mol. The van der Waals surface area contributed by atoms with Gasteiger partial charge in [0.25, 0.3) is 0 Å². The monoisotopic (exact) mass is 182 g/mol. The molecule has 2 nitrogen and oxygen atoms in total. The Labute approximate surface area is 79.6 Å². The van der Waals surface area contributed by atoms with Gasteiger partial charge in [-0.2, -0.15) is 0 Å². The van der Waals surface area contributed by atoms with Crippen molar-refractivity contribution in [2.45, 2.75) is 45.4 Å². The van der Waals surface area contributed by atoms with E-state index in [1.807, 2.05) is 0 Å². The van der Waals surface area contributed by atoms with Crippen molar-refractivity contribution in [2.75, 3.05) is 0 Å². The molecule has 0 fully saturated rings. The summed E-state index contributed by atoms with van der Waals surface area (Å²) in [5.41, 5.74) is 0. The number of hydrogen-bond donors (Lipinski definition) is 1. The molecular formula is C11H18O2. The highest BCUT2D eigenvalue weighted by Gasteiger charge is 2.19. The van der Waals surface area contributed by atoms with E-state index < -0.39 is 0 Å². The molecule has 0 bridgehead atoms. The second kappa shape index (κ2) is 5.05. The molecule has 0 amide bonds. The van der Waals surface area contributed by atoms with E-state index in [1.165, 1.54) is 25.3 Å². The lowest BCUT2D eigenvalue weighted by Crippen LogP contribution is -2.13. The van der Waals surface area contributed by atoms with Gasteiger partial charge in [-0.1, -0.05) is 26.2 Å². The summed E-state index contributed by atoms with van der Waals surface area (Å²) in [4.78, 5) is 11.1. The molecule has 2 heteroatoms. The topological polar surface area (TPSA) is 37.3 Å². The van der Waals surface area contributed by atoms with Crippen LogP contribution < -0.4 is 0 Å². The van der Waals surface area contributed by atoms with Crippen LogP contribution in [-0.4, -0.2) is 10.9 Å². The van der Waals surface area contributed by atoms with E-state index in [4.69, 9.17) is 0 Å². The largest absolute Gasteiger partial charge is 0.512 e. The predicted molar refractivity (Wildman–Crippen MR) is 52.6 cm³/mol. The number of ketones is 1. The normalized spacial score (nSPS) is 23.0. The fraction of sp³-hybridized carbons (Fsp3) is 0.727. The first kappa shape index (κ1) is 10.3. The number of carbonyl (C=O) groups is 1. The maximum Gasteiger partial charge on any atom is 0.159 e.